The number of benzene rings is 1. The third-order valence-electron chi connectivity index (χ3n) is 2.64. The van der Waals surface area contributed by atoms with Crippen LogP contribution in [0.5, 0.6) is 0 Å². The third kappa shape index (κ3) is 4.57. The summed E-state index contributed by atoms with van der Waals surface area (Å²) in [6, 6.07) is 2.44. The molecule has 0 fully saturated rings. The molecule has 19 heavy (non-hydrogen) atoms. The van der Waals surface area contributed by atoms with Gasteiger partial charge in [-0.3, -0.25) is 4.79 Å². The first-order chi connectivity index (χ1) is 8.95. The predicted octanol–water partition coefficient (Wildman–Crippen LogP) is 0.986. The van der Waals surface area contributed by atoms with Crippen LogP contribution in [0.25, 0.3) is 0 Å². The third-order valence-corrected chi connectivity index (χ3v) is 2.64. The first-order valence-corrected chi connectivity index (χ1v) is 5.93. The van der Waals surface area contributed by atoms with E-state index in [9.17, 15) is 13.6 Å². The van der Waals surface area contributed by atoms with Gasteiger partial charge < -0.3 is 15.8 Å². The lowest BCUT2D eigenvalue weighted by molar-refractivity contribution is -0.124. The van der Waals surface area contributed by atoms with Crippen molar-refractivity contribution in [1.82, 2.24) is 5.32 Å². The molecule has 0 saturated heterocycles. The summed E-state index contributed by atoms with van der Waals surface area (Å²) in [6.07, 6.45) is 0.0595. The minimum atomic E-state index is -0.794. The average Bonchev–Trinajstić information content (AvgIpc) is 2.34. The molecule has 1 aromatic rings. The first kappa shape index (κ1) is 15.5. The van der Waals surface area contributed by atoms with Crippen LogP contribution in [-0.4, -0.2) is 31.7 Å². The quantitative estimate of drug-likeness (QED) is 0.811. The summed E-state index contributed by atoms with van der Waals surface area (Å²) in [5.74, 6) is -1.66. The molecule has 0 heterocycles. The highest BCUT2D eigenvalue weighted by atomic mass is 19.1. The van der Waals surface area contributed by atoms with Crippen molar-refractivity contribution in [3.05, 3.63) is 35.4 Å². The summed E-state index contributed by atoms with van der Waals surface area (Å²) < 4.78 is 31.6. The second-order valence-corrected chi connectivity index (χ2v) is 4.38. The lowest BCUT2D eigenvalue weighted by Gasteiger charge is -2.17. The number of methoxy groups -OCH3 is 1. The van der Waals surface area contributed by atoms with Gasteiger partial charge in [0, 0.05) is 18.7 Å². The highest BCUT2D eigenvalue weighted by molar-refractivity contribution is 5.81. The number of nitrogens with two attached hydrogens (primary N) is 1. The molecule has 0 radical (unpaired) electrons. The van der Waals surface area contributed by atoms with Crippen molar-refractivity contribution in [3.8, 4) is 0 Å². The van der Waals surface area contributed by atoms with Crippen LogP contribution in [0, 0.1) is 11.6 Å². The zero-order chi connectivity index (χ0) is 14.4. The number of rotatable bonds is 6. The van der Waals surface area contributed by atoms with Crippen LogP contribution in [-0.2, 0) is 16.0 Å². The molecule has 0 bridgehead atoms. The van der Waals surface area contributed by atoms with Crippen LogP contribution in [0.2, 0.25) is 0 Å². The number of halogens is 2. The monoisotopic (exact) mass is 272 g/mol. The molecule has 1 aromatic carbocycles. The number of nitrogens with one attached hydrogen (secondary N) is 1. The van der Waals surface area contributed by atoms with Gasteiger partial charge in [-0.05, 0) is 25.5 Å². The highest BCUT2D eigenvalue weighted by Gasteiger charge is 2.18. The van der Waals surface area contributed by atoms with E-state index in [0.29, 0.717) is 0 Å². The molecular weight excluding hydrogens is 254 g/mol. The zero-order valence-electron chi connectivity index (χ0n) is 11.0. The molecule has 0 aliphatic heterocycles. The molecule has 0 aromatic heterocycles. The molecule has 2 unspecified atom stereocenters. The van der Waals surface area contributed by atoms with E-state index in [4.69, 9.17) is 10.5 Å². The Hall–Kier alpha value is -1.53. The van der Waals surface area contributed by atoms with E-state index >= 15 is 0 Å². The van der Waals surface area contributed by atoms with Gasteiger partial charge in [0.2, 0.25) is 5.91 Å². The maximum absolute atomic E-state index is 13.4. The number of hydrogen-bond acceptors (Lipinski definition) is 3. The normalized spacial score (nSPS) is 13.9. The summed E-state index contributed by atoms with van der Waals surface area (Å²) in [5.41, 5.74) is 5.50. The first-order valence-electron chi connectivity index (χ1n) is 5.93. The molecule has 0 saturated carbocycles. The van der Waals surface area contributed by atoms with Gasteiger partial charge in [-0.25, -0.2) is 8.78 Å². The Kier molecular flexibility index (Phi) is 5.85. The van der Waals surface area contributed by atoms with E-state index in [1.165, 1.54) is 25.3 Å². The van der Waals surface area contributed by atoms with Crippen molar-refractivity contribution in [3.63, 3.8) is 0 Å². The average molecular weight is 272 g/mol. The van der Waals surface area contributed by atoms with E-state index in [2.05, 4.69) is 5.32 Å². The SMILES string of the molecule is COCC(N)C(=O)NC(C)Cc1c(F)cccc1F. The summed E-state index contributed by atoms with van der Waals surface area (Å²) in [6.45, 7) is 1.75. The molecule has 0 spiro atoms. The van der Waals surface area contributed by atoms with Crippen molar-refractivity contribution in [2.24, 2.45) is 5.73 Å². The predicted molar refractivity (Wildman–Crippen MR) is 67.5 cm³/mol. The Labute approximate surface area is 110 Å². The van der Waals surface area contributed by atoms with Gasteiger partial charge in [0.15, 0.2) is 0 Å². The molecule has 4 nitrogen and oxygen atoms in total. The summed E-state index contributed by atoms with van der Waals surface area (Å²) in [5, 5.41) is 2.59. The lowest BCUT2D eigenvalue weighted by Crippen LogP contribution is -2.47. The molecule has 1 rings (SSSR count). The van der Waals surface area contributed by atoms with E-state index in [0.717, 1.165) is 0 Å². The Morgan fingerprint density at radius 2 is 2.00 bits per heavy atom. The fourth-order valence-electron chi connectivity index (χ4n) is 1.69. The number of amides is 1. The van der Waals surface area contributed by atoms with Gasteiger partial charge in [-0.15, -0.1) is 0 Å². The van der Waals surface area contributed by atoms with Crippen molar-refractivity contribution in [1.29, 1.82) is 0 Å². The fraction of sp³-hybridized carbons (Fsp3) is 0.462. The van der Waals surface area contributed by atoms with Crippen LogP contribution in [0.4, 0.5) is 8.78 Å². The van der Waals surface area contributed by atoms with E-state index in [-0.39, 0.29) is 18.6 Å². The smallest absolute Gasteiger partial charge is 0.239 e. The minimum Gasteiger partial charge on any atom is -0.383 e. The Morgan fingerprint density at radius 3 is 2.53 bits per heavy atom. The second kappa shape index (κ2) is 7.16. The number of carbonyl (C=O) groups is 1. The van der Waals surface area contributed by atoms with Crippen molar-refractivity contribution in [2.45, 2.75) is 25.4 Å². The van der Waals surface area contributed by atoms with Gasteiger partial charge >= 0.3 is 0 Å². The molecule has 3 N–H and O–H groups in total. The van der Waals surface area contributed by atoms with Crippen molar-refractivity contribution < 1.29 is 18.3 Å². The van der Waals surface area contributed by atoms with Crippen LogP contribution in [0.3, 0.4) is 0 Å². The van der Waals surface area contributed by atoms with E-state index < -0.39 is 29.6 Å². The summed E-state index contributed by atoms with van der Waals surface area (Å²) >= 11 is 0. The van der Waals surface area contributed by atoms with E-state index in [1.54, 1.807) is 6.92 Å². The number of ether oxygens (including phenoxy) is 1. The molecule has 6 heteroatoms. The summed E-state index contributed by atoms with van der Waals surface area (Å²) in [4.78, 5) is 11.6. The van der Waals surface area contributed by atoms with Gasteiger partial charge in [-0.1, -0.05) is 6.07 Å². The molecule has 1 amide bonds. The van der Waals surface area contributed by atoms with E-state index in [1.807, 2.05) is 0 Å². The maximum atomic E-state index is 13.4. The fourth-order valence-corrected chi connectivity index (χ4v) is 1.69. The van der Waals surface area contributed by atoms with Crippen LogP contribution < -0.4 is 11.1 Å². The maximum Gasteiger partial charge on any atom is 0.239 e. The van der Waals surface area contributed by atoms with Crippen LogP contribution in [0.15, 0.2) is 18.2 Å². The van der Waals surface area contributed by atoms with Crippen LogP contribution >= 0.6 is 0 Å². The Balaban J connectivity index is 2.60. The Bertz CT molecular complexity index is 420. The van der Waals surface area contributed by atoms with Gasteiger partial charge in [0.25, 0.3) is 0 Å². The number of hydrogen-bond donors (Lipinski definition) is 2. The van der Waals surface area contributed by atoms with Crippen molar-refractivity contribution in [2.75, 3.05) is 13.7 Å². The summed E-state index contributed by atoms with van der Waals surface area (Å²) in [7, 11) is 1.44. The molecule has 0 aliphatic rings. The van der Waals surface area contributed by atoms with Gasteiger partial charge in [0.05, 0.1) is 6.61 Å². The molecule has 2 atom stereocenters. The molecular formula is C13H18F2N2O2. The number of carbonyl (C=O) groups excluding carboxylic acids is 1. The molecule has 0 aliphatic carbocycles. The highest BCUT2D eigenvalue weighted by Crippen LogP contribution is 2.14. The van der Waals surface area contributed by atoms with Gasteiger partial charge in [-0.2, -0.15) is 0 Å². The zero-order valence-corrected chi connectivity index (χ0v) is 11.0. The largest absolute Gasteiger partial charge is 0.383 e. The minimum absolute atomic E-state index is 0.0457. The van der Waals surface area contributed by atoms with Crippen molar-refractivity contribution >= 4 is 5.91 Å². The van der Waals surface area contributed by atoms with Gasteiger partial charge in [0.1, 0.15) is 17.7 Å². The standard InChI is InChI=1S/C13H18F2N2O2/c1-8(17-13(18)12(16)7-19-2)6-9-10(14)4-3-5-11(9)15/h3-5,8,12H,6-7,16H2,1-2H3,(H,17,18). The second-order valence-electron chi connectivity index (χ2n) is 4.38. The van der Waals surface area contributed by atoms with Crippen LogP contribution in [0.1, 0.15) is 12.5 Å². The topological polar surface area (TPSA) is 64.3 Å². The lowest BCUT2D eigenvalue weighted by atomic mass is 10.1. The Morgan fingerprint density at radius 1 is 1.42 bits per heavy atom. The molecule has 106 valence electrons.